The van der Waals surface area contributed by atoms with Crippen LogP contribution in [0.3, 0.4) is 0 Å². The number of nitro groups is 1. The second-order valence-electron chi connectivity index (χ2n) is 7.10. The van der Waals surface area contributed by atoms with E-state index < -0.39 is 22.9 Å². The summed E-state index contributed by atoms with van der Waals surface area (Å²) in [6.07, 6.45) is -1.28. The highest BCUT2D eigenvalue weighted by atomic mass is 16.6. The highest BCUT2D eigenvalue weighted by molar-refractivity contribution is 5.99. The summed E-state index contributed by atoms with van der Waals surface area (Å²) < 4.78 is 10.9. The lowest BCUT2D eigenvalue weighted by Crippen LogP contribution is -2.26. The van der Waals surface area contributed by atoms with E-state index in [1.54, 1.807) is 42.5 Å². The number of nitrogens with one attached hydrogen (secondary N) is 1. The number of amides is 1. The van der Waals surface area contributed by atoms with Crippen molar-refractivity contribution in [2.75, 3.05) is 12.4 Å². The van der Waals surface area contributed by atoms with Crippen molar-refractivity contribution in [3.8, 4) is 5.75 Å². The van der Waals surface area contributed by atoms with Crippen LogP contribution in [0.4, 0.5) is 11.4 Å². The first kappa shape index (κ1) is 22.5. The first-order chi connectivity index (χ1) is 15.3. The summed E-state index contributed by atoms with van der Waals surface area (Å²) in [6.45, 7) is 3.33. The maximum absolute atomic E-state index is 13.2. The molecule has 0 aliphatic carbocycles. The van der Waals surface area contributed by atoms with Crippen LogP contribution in [0.5, 0.6) is 5.75 Å². The number of hydrogen-bond acceptors (Lipinski definition) is 6. The maximum Gasteiger partial charge on any atom is 0.339 e. The average molecular weight is 434 g/mol. The van der Waals surface area contributed by atoms with Crippen LogP contribution in [-0.4, -0.2) is 23.9 Å². The van der Waals surface area contributed by atoms with Crippen molar-refractivity contribution in [2.45, 2.75) is 20.0 Å². The number of aryl methyl sites for hydroxylation is 1. The maximum atomic E-state index is 13.2. The molecule has 0 bridgehead atoms. The molecule has 0 heterocycles. The van der Waals surface area contributed by atoms with Crippen molar-refractivity contribution in [3.63, 3.8) is 0 Å². The van der Waals surface area contributed by atoms with E-state index in [9.17, 15) is 19.7 Å². The minimum Gasteiger partial charge on any atom is -0.495 e. The predicted molar refractivity (Wildman–Crippen MR) is 119 cm³/mol. The first-order valence-corrected chi connectivity index (χ1v) is 9.77. The van der Waals surface area contributed by atoms with Crippen molar-refractivity contribution in [3.05, 3.63) is 99.1 Å². The molecule has 0 fully saturated rings. The van der Waals surface area contributed by atoms with E-state index in [-0.39, 0.29) is 16.8 Å². The molecule has 32 heavy (non-hydrogen) atoms. The zero-order valence-electron chi connectivity index (χ0n) is 17.8. The Bertz CT molecular complexity index is 1160. The van der Waals surface area contributed by atoms with E-state index in [2.05, 4.69) is 5.32 Å². The number of nitrogens with zero attached hydrogens (tertiary/aromatic N) is 1. The smallest absolute Gasteiger partial charge is 0.339 e. The Hall–Kier alpha value is -4.20. The number of methoxy groups -OCH3 is 1. The number of carbonyl (C=O) groups is 2. The van der Waals surface area contributed by atoms with Crippen LogP contribution in [-0.2, 0) is 9.53 Å². The van der Waals surface area contributed by atoms with E-state index in [1.807, 2.05) is 13.0 Å². The zero-order valence-corrected chi connectivity index (χ0v) is 17.8. The number of carbonyl (C=O) groups excluding carboxylic acids is 2. The Kier molecular flexibility index (Phi) is 6.84. The normalized spacial score (nSPS) is 11.3. The standard InChI is InChI=1S/C24H22N2O6/c1-15-12-13-21(31-3)19(14-15)25-23(27)22(17-8-5-4-6-9-17)32-24(28)18-10-7-11-20(16(18)2)26(29)30/h4-14,22H,1-3H3,(H,25,27)/t22-/m1/s1. The summed E-state index contributed by atoms with van der Waals surface area (Å²) in [7, 11) is 1.49. The van der Waals surface area contributed by atoms with Crippen LogP contribution in [0.25, 0.3) is 0 Å². The topological polar surface area (TPSA) is 108 Å². The Morgan fingerprint density at radius 3 is 2.38 bits per heavy atom. The second-order valence-corrected chi connectivity index (χ2v) is 7.10. The van der Waals surface area contributed by atoms with Gasteiger partial charge in [-0.1, -0.05) is 42.5 Å². The number of rotatable bonds is 7. The van der Waals surface area contributed by atoms with Crippen molar-refractivity contribution >= 4 is 23.3 Å². The van der Waals surface area contributed by atoms with Gasteiger partial charge < -0.3 is 14.8 Å². The van der Waals surface area contributed by atoms with Crippen LogP contribution in [0.1, 0.15) is 33.2 Å². The summed E-state index contributed by atoms with van der Waals surface area (Å²) in [5, 5.41) is 14.0. The molecule has 1 atom stereocenters. The lowest BCUT2D eigenvalue weighted by Gasteiger charge is -2.19. The molecule has 8 heteroatoms. The highest BCUT2D eigenvalue weighted by Gasteiger charge is 2.28. The van der Waals surface area contributed by atoms with Gasteiger partial charge in [0, 0.05) is 17.2 Å². The van der Waals surface area contributed by atoms with Gasteiger partial charge in [-0.3, -0.25) is 14.9 Å². The van der Waals surface area contributed by atoms with E-state index in [0.717, 1.165) is 5.56 Å². The van der Waals surface area contributed by atoms with Gasteiger partial charge in [-0.2, -0.15) is 0 Å². The molecule has 3 aromatic rings. The van der Waals surface area contributed by atoms with Gasteiger partial charge in [0.2, 0.25) is 6.10 Å². The molecule has 0 saturated carbocycles. The summed E-state index contributed by atoms with van der Waals surface area (Å²) in [6, 6.07) is 18.0. The predicted octanol–water partition coefficient (Wildman–Crippen LogP) is 4.76. The molecule has 0 saturated heterocycles. The Balaban J connectivity index is 1.94. The van der Waals surface area contributed by atoms with Crippen molar-refractivity contribution < 1.29 is 24.0 Å². The SMILES string of the molecule is COc1ccc(C)cc1NC(=O)[C@H](OC(=O)c1cccc([N+](=O)[O-])c1C)c1ccccc1. The van der Waals surface area contributed by atoms with Gasteiger partial charge in [0.1, 0.15) is 5.75 Å². The van der Waals surface area contributed by atoms with Crippen LogP contribution in [0.15, 0.2) is 66.7 Å². The summed E-state index contributed by atoms with van der Waals surface area (Å²) in [4.78, 5) is 36.7. The monoisotopic (exact) mass is 434 g/mol. The van der Waals surface area contributed by atoms with E-state index in [0.29, 0.717) is 17.0 Å². The minimum absolute atomic E-state index is 0.0149. The minimum atomic E-state index is -1.28. The third kappa shape index (κ3) is 4.92. The quantitative estimate of drug-likeness (QED) is 0.326. The number of benzene rings is 3. The van der Waals surface area contributed by atoms with Crippen molar-refractivity contribution in [2.24, 2.45) is 0 Å². The second kappa shape index (κ2) is 9.74. The molecule has 164 valence electrons. The average Bonchev–Trinajstić information content (AvgIpc) is 2.78. The summed E-state index contributed by atoms with van der Waals surface area (Å²) >= 11 is 0. The van der Waals surface area contributed by atoms with Gasteiger partial charge in [-0.05, 0) is 37.6 Å². The molecule has 3 rings (SSSR count). The molecular formula is C24H22N2O6. The van der Waals surface area contributed by atoms with Gasteiger partial charge in [0.15, 0.2) is 0 Å². The zero-order chi connectivity index (χ0) is 23.3. The summed E-state index contributed by atoms with van der Waals surface area (Å²) in [5.41, 5.74) is 1.76. The fourth-order valence-corrected chi connectivity index (χ4v) is 3.23. The lowest BCUT2D eigenvalue weighted by molar-refractivity contribution is -0.385. The van der Waals surface area contributed by atoms with Gasteiger partial charge in [-0.25, -0.2) is 4.79 Å². The van der Waals surface area contributed by atoms with Crippen LogP contribution < -0.4 is 10.1 Å². The third-order valence-electron chi connectivity index (χ3n) is 4.90. The molecule has 3 aromatic carbocycles. The molecule has 0 aromatic heterocycles. The fraction of sp³-hybridized carbons (Fsp3) is 0.167. The Morgan fingerprint density at radius 1 is 1.00 bits per heavy atom. The van der Waals surface area contributed by atoms with Crippen LogP contribution >= 0.6 is 0 Å². The van der Waals surface area contributed by atoms with E-state index >= 15 is 0 Å². The number of esters is 1. The molecule has 0 aliphatic heterocycles. The van der Waals surface area contributed by atoms with Crippen LogP contribution in [0, 0.1) is 24.0 Å². The number of anilines is 1. The molecular weight excluding hydrogens is 412 g/mol. The summed E-state index contributed by atoms with van der Waals surface area (Å²) in [5.74, 6) is -0.973. The molecule has 1 amide bonds. The van der Waals surface area contributed by atoms with Gasteiger partial charge in [-0.15, -0.1) is 0 Å². The largest absolute Gasteiger partial charge is 0.495 e. The molecule has 0 aliphatic rings. The Labute approximate surface area is 184 Å². The molecule has 0 unspecified atom stereocenters. The van der Waals surface area contributed by atoms with E-state index in [4.69, 9.17) is 9.47 Å². The highest BCUT2D eigenvalue weighted by Crippen LogP contribution is 2.29. The third-order valence-corrected chi connectivity index (χ3v) is 4.90. The molecule has 0 spiro atoms. The number of nitro benzene ring substituents is 1. The molecule has 1 N–H and O–H groups in total. The molecule has 0 radical (unpaired) electrons. The van der Waals surface area contributed by atoms with Gasteiger partial charge in [0.05, 0.1) is 23.3 Å². The van der Waals surface area contributed by atoms with Gasteiger partial charge >= 0.3 is 5.97 Å². The number of ether oxygens (including phenoxy) is 2. The lowest BCUT2D eigenvalue weighted by atomic mass is 10.1. The molecule has 8 nitrogen and oxygen atoms in total. The number of hydrogen-bond donors (Lipinski definition) is 1. The Morgan fingerprint density at radius 2 is 1.72 bits per heavy atom. The first-order valence-electron chi connectivity index (χ1n) is 9.77. The van der Waals surface area contributed by atoms with Gasteiger partial charge in [0.25, 0.3) is 11.6 Å². The van der Waals surface area contributed by atoms with Crippen molar-refractivity contribution in [1.82, 2.24) is 0 Å². The van der Waals surface area contributed by atoms with Crippen molar-refractivity contribution in [1.29, 1.82) is 0 Å². The van der Waals surface area contributed by atoms with E-state index in [1.165, 1.54) is 32.2 Å². The fourth-order valence-electron chi connectivity index (χ4n) is 3.23. The van der Waals surface area contributed by atoms with Crippen LogP contribution in [0.2, 0.25) is 0 Å².